The number of amides is 1. The molecule has 1 aromatic carbocycles. The average molecular weight is 235 g/mol. The number of aryl methyl sites for hydroxylation is 1. The number of thioether (sulfide) groups is 1. The van der Waals surface area contributed by atoms with Crippen LogP contribution in [0, 0.1) is 6.92 Å². The number of carbonyl (C=O) groups is 2. The minimum atomic E-state index is -0.308. The van der Waals surface area contributed by atoms with E-state index < -0.39 is 0 Å². The Hall–Kier alpha value is -1.29. The van der Waals surface area contributed by atoms with Crippen LogP contribution in [-0.4, -0.2) is 22.8 Å². The molecule has 0 aromatic heterocycles. The van der Waals surface area contributed by atoms with Crippen LogP contribution < -0.4 is 5.32 Å². The standard InChI is InChI=1S/C12H13NO2S/c1-8-4-2-3-5-9(8)11(14)13-10-6-7-16-12(10)15/h2-5,10H,6-7H2,1H3,(H,13,14)/t10-/m1/s1. The van der Waals surface area contributed by atoms with Crippen molar-refractivity contribution in [2.24, 2.45) is 0 Å². The van der Waals surface area contributed by atoms with Gasteiger partial charge in [0.1, 0.15) is 0 Å². The van der Waals surface area contributed by atoms with Gasteiger partial charge < -0.3 is 5.32 Å². The van der Waals surface area contributed by atoms with Gasteiger partial charge in [0.15, 0.2) is 0 Å². The van der Waals surface area contributed by atoms with Gasteiger partial charge in [0, 0.05) is 11.3 Å². The van der Waals surface area contributed by atoms with Gasteiger partial charge in [-0.1, -0.05) is 30.0 Å². The largest absolute Gasteiger partial charge is 0.341 e. The highest BCUT2D eigenvalue weighted by Gasteiger charge is 2.27. The zero-order chi connectivity index (χ0) is 11.5. The minimum absolute atomic E-state index is 0.0712. The third kappa shape index (κ3) is 2.27. The summed E-state index contributed by atoms with van der Waals surface area (Å²) >= 11 is 1.29. The van der Waals surface area contributed by atoms with Crippen LogP contribution in [0.5, 0.6) is 0 Å². The molecule has 0 spiro atoms. The summed E-state index contributed by atoms with van der Waals surface area (Å²) < 4.78 is 0. The molecule has 16 heavy (non-hydrogen) atoms. The monoisotopic (exact) mass is 235 g/mol. The van der Waals surface area contributed by atoms with Gasteiger partial charge in [-0.05, 0) is 25.0 Å². The van der Waals surface area contributed by atoms with Crippen LogP contribution in [0.15, 0.2) is 24.3 Å². The third-order valence-corrected chi connectivity index (χ3v) is 3.64. The molecule has 2 rings (SSSR count). The molecule has 0 radical (unpaired) electrons. The Bertz CT molecular complexity index is 431. The SMILES string of the molecule is Cc1ccccc1C(=O)N[C@@H]1CCSC1=O. The Labute approximate surface area is 98.6 Å². The van der Waals surface area contributed by atoms with Gasteiger partial charge in [-0.25, -0.2) is 0 Å². The number of hydrogen-bond donors (Lipinski definition) is 1. The summed E-state index contributed by atoms with van der Waals surface area (Å²) in [5.41, 5.74) is 1.57. The Morgan fingerprint density at radius 3 is 2.81 bits per heavy atom. The first kappa shape index (κ1) is 11.2. The third-order valence-electron chi connectivity index (χ3n) is 2.63. The van der Waals surface area contributed by atoms with Crippen molar-refractivity contribution in [3.05, 3.63) is 35.4 Å². The van der Waals surface area contributed by atoms with Gasteiger partial charge in [-0.3, -0.25) is 9.59 Å². The van der Waals surface area contributed by atoms with Crippen molar-refractivity contribution in [2.45, 2.75) is 19.4 Å². The summed E-state index contributed by atoms with van der Waals surface area (Å²) in [5, 5.41) is 2.85. The van der Waals surface area contributed by atoms with E-state index in [0.29, 0.717) is 5.56 Å². The molecule has 1 fully saturated rings. The van der Waals surface area contributed by atoms with Gasteiger partial charge in [0.2, 0.25) is 5.12 Å². The van der Waals surface area contributed by atoms with Gasteiger partial charge >= 0.3 is 0 Å². The van der Waals surface area contributed by atoms with Crippen LogP contribution in [-0.2, 0) is 4.79 Å². The van der Waals surface area contributed by atoms with Crippen molar-refractivity contribution in [2.75, 3.05) is 5.75 Å². The van der Waals surface area contributed by atoms with Crippen molar-refractivity contribution in [3.63, 3.8) is 0 Å². The molecule has 0 bridgehead atoms. The van der Waals surface area contributed by atoms with Gasteiger partial charge in [0.25, 0.3) is 5.91 Å². The van der Waals surface area contributed by atoms with E-state index in [2.05, 4.69) is 5.32 Å². The Morgan fingerprint density at radius 2 is 2.19 bits per heavy atom. The Kier molecular flexibility index (Phi) is 3.29. The van der Waals surface area contributed by atoms with Crippen LogP contribution in [0.4, 0.5) is 0 Å². The fourth-order valence-corrected chi connectivity index (χ4v) is 2.62. The normalized spacial score (nSPS) is 19.8. The number of carbonyl (C=O) groups excluding carboxylic acids is 2. The van der Waals surface area contributed by atoms with Crippen LogP contribution in [0.25, 0.3) is 0 Å². The summed E-state index contributed by atoms with van der Waals surface area (Å²) in [6.45, 7) is 1.89. The maximum atomic E-state index is 11.9. The number of rotatable bonds is 2. The van der Waals surface area contributed by atoms with Gasteiger partial charge in [0.05, 0.1) is 6.04 Å². The molecule has 0 saturated carbocycles. The quantitative estimate of drug-likeness (QED) is 0.849. The lowest BCUT2D eigenvalue weighted by molar-refractivity contribution is -0.112. The molecule has 1 saturated heterocycles. The number of nitrogens with one attached hydrogen (secondary N) is 1. The second-order valence-electron chi connectivity index (χ2n) is 3.80. The maximum absolute atomic E-state index is 11.9. The second kappa shape index (κ2) is 4.70. The highest BCUT2D eigenvalue weighted by Crippen LogP contribution is 2.20. The van der Waals surface area contributed by atoms with Crippen molar-refractivity contribution in [3.8, 4) is 0 Å². The highest BCUT2D eigenvalue weighted by atomic mass is 32.2. The number of benzene rings is 1. The molecule has 84 valence electrons. The molecule has 1 aliphatic heterocycles. The number of hydrogen-bond acceptors (Lipinski definition) is 3. The van der Waals surface area contributed by atoms with E-state index in [1.54, 1.807) is 6.07 Å². The predicted octanol–water partition coefficient (Wildman–Crippen LogP) is 1.76. The lowest BCUT2D eigenvalue weighted by Crippen LogP contribution is -2.37. The fraction of sp³-hybridized carbons (Fsp3) is 0.333. The van der Waals surface area contributed by atoms with E-state index >= 15 is 0 Å². The van der Waals surface area contributed by atoms with E-state index in [1.807, 2.05) is 25.1 Å². The van der Waals surface area contributed by atoms with E-state index in [4.69, 9.17) is 0 Å². The molecule has 1 aliphatic rings. The lowest BCUT2D eigenvalue weighted by Gasteiger charge is -2.11. The van der Waals surface area contributed by atoms with Crippen LogP contribution in [0.3, 0.4) is 0 Å². The molecule has 1 atom stereocenters. The van der Waals surface area contributed by atoms with Crippen molar-refractivity contribution < 1.29 is 9.59 Å². The highest BCUT2D eigenvalue weighted by molar-refractivity contribution is 8.14. The molecule has 4 heteroatoms. The van der Waals surface area contributed by atoms with Crippen LogP contribution in [0.2, 0.25) is 0 Å². The molecule has 1 aromatic rings. The second-order valence-corrected chi connectivity index (χ2v) is 4.90. The summed E-state index contributed by atoms with van der Waals surface area (Å²) in [7, 11) is 0. The molecular formula is C12H13NO2S. The van der Waals surface area contributed by atoms with Crippen molar-refractivity contribution >= 4 is 22.8 Å². The molecule has 1 amide bonds. The molecular weight excluding hydrogens is 222 g/mol. The topological polar surface area (TPSA) is 46.2 Å². The van der Waals surface area contributed by atoms with Crippen LogP contribution >= 0.6 is 11.8 Å². The molecule has 0 aliphatic carbocycles. The molecule has 0 unspecified atom stereocenters. The molecule has 3 nitrogen and oxygen atoms in total. The lowest BCUT2D eigenvalue weighted by atomic mass is 10.1. The average Bonchev–Trinajstić information content (AvgIpc) is 2.65. The van der Waals surface area contributed by atoms with E-state index in [9.17, 15) is 9.59 Å². The predicted molar refractivity (Wildman–Crippen MR) is 64.5 cm³/mol. The zero-order valence-electron chi connectivity index (χ0n) is 9.03. The Morgan fingerprint density at radius 1 is 1.44 bits per heavy atom. The minimum Gasteiger partial charge on any atom is -0.341 e. The van der Waals surface area contributed by atoms with Gasteiger partial charge in [-0.15, -0.1) is 0 Å². The summed E-state index contributed by atoms with van der Waals surface area (Å²) in [6.07, 6.45) is 0.737. The fourth-order valence-electron chi connectivity index (χ4n) is 1.69. The zero-order valence-corrected chi connectivity index (χ0v) is 9.84. The van der Waals surface area contributed by atoms with E-state index in [0.717, 1.165) is 17.7 Å². The van der Waals surface area contributed by atoms with Crippen molar-refractivity contribution in [1.82, 2.24) is 5.32 Å². The van der Waals surface area contributed by atoms with E-state index in [-0.39, 0.29) is 17.1 Å². The van der Waals surface area contributed by atoms with Gasteiger partial charge in [-0.2, -0.15) is 0 Å². The first-order valence-electron chi connectivity index (χ1n) is 5.21. The maximum Gasteiger partial charge on any atom is 0.252 e. The molecule has 1 heterocycles. The van der Waals surface area contributed by atoms with Crippen molar-refractivity contribution in [1.29, 1.82) is 0 Å². The summed E-state index contributed by atoms with van der Waals surface area (Å²) in [5.74, 6) is 0.649. The first-order chi connectivity index (χ1) is 7.68. The summed E-state index contributed by atoms with van der Waals surface area (Å²) in [4.78, 5) is 23.3. The first-order valence-corrected chi connectivity index (χ1v) is 6.20. The Balaban J connectivity index is 2.09. The smallest absolute Gasteiger partial charge is 0.252 e. The molecule has 1 N–H and O–H groups in total. The summed E-state index contributed by atoms with van der Waals surface area (Å²) in [6, 6.07) is 7.07. The van der Waals surface area contributed by atoms with Crippen LogP contribution in [0.1, 0.15) is 22.3 Å². The van der Waals surface area contributed by atoms with E-state index in [1.165, 1.54) is 11.8 Å².